The highest BCUT2D eigenvalue weighted by molar-refractivity contribution is 7.89. The average Bonchev–Trinajstić information content (AvgIpc) is 3.18. The van der Waals surface area contributed by atoms with E-state index in [0.717, 1.165) is 12.1 Å². The molecule has 0 radical (unpaired) electrons. The Hall–Kier alpha value is -1.90. The van der Waals surface area contributed by atoms with Crippen molar-refractivity contribution in [3.05, 3.63) is 52.2 Å². The summed E-state index contributed by atoms with van der Waals surface area (Å²) in [6.07, 6.45) is 0. The lowest BCUT2D eigenvalue weighted by Gasteiger charge is -2.13. The highest BCUT2D eigenvalue weighted by atomic mass is 32.2. The predicted octanol–water partition coefficient (Wildman–Crippen LogP) is 2.69. The van der Waals surface area contributed by atoms with Crippen LogP contribution in [0.25, 0.3) is 0 Å². The quantitative estimate of drug-likeness (QED) is 0.338. The molecule has 0 saturated carbocycles. The summed E-state index contributed by atoms with van der Waals surface area (Å²) in [5, 5.41) is 8.42. The van der Waals surface area contributed by atoms with Gasteiger partial charge in [0.25, 0.3) is 0 Å². The van der Waals surface area contributed by atoms with Crippen molar-refractivity contribution >= 4 is 27.3 Å². The SMILES string of the molecule is CCNC(=NCC(C)c1cccs1)NCCNS(=O)(=O)c1ccc(C)cc1. The maximum absolute atomic E-state index is 12.3. The number of nitrogens with one attached hydrogen (secondary N) is 3. The second-order valence-corrected chi connectivity index (χ2v) is 9.02. The summed E-state index contributed by atoms with van der Waals surface area (Å²) in [5.41, 5.74) is 1.03. The van der Waals surface area contributed by atoms with Crippen molar-refractivity contribution in [1.29, 1.82) is 0 Å². The molecule has 6 nitrogen and oxygen atoms in total. The maximum atomic E-state index is 12.3. The lowest BCUT2D eigenvalue weighted by molar-refractivity contribution is 0.580. The van der Waals surface area contributed by atoms with Gasteiger partial charge in [0.05, 0.1) is 11.4 Å². The van der Waals surface area contributed by atoms with Crippen LogP contribution in [-0.2, 0) is 10.0 Å². The number of thiophene rings is 1. The van der Waals surface area contributed by atoms with E-state index >= 15 is 0 Å². The van der Waals surface area contributed by atoms with E-state index in [1.807, 2.05) is 19.9 Å². The van der Waals surface area contributed by atoms with Crippen LogP contribution in [0, 0.1) is 6.92 Å². The van der Waals surface area contributed by atoms with Crippen molar-refractivity contribution in [2.24, 2.45) is 4.99 Å². The van der Waals surface area contributed by atoms with Crippen LogP contribution in [-0.4, -0.2) is 40.6 Å². The molecule has 2 rings (SSSR count). The largest absolute Gasteiger partial charge is 0.357 e. The van der Waals surface area contributed by atoms with E-state index in [1.54, 1.807) is 35.6 Å². The number of benzene rings is 1. The third-order valence-corrected chi connectivity index (χ3v) is 6.52. The molecule has 0 aliphatic heterocycles. The minimum absolute atomic E-state index is 0.276. The lowest BCUT2D eigenvalue weighted by Crippen LogP contribution is -2.41. The fourth-order valence-corrected chi connectivity index (χ4v) is 4.21. The molecule has 27 heavy (non-hydrogen) atoms. The Bertz CT molecular complexity index is 816. The average molecular weight is 409 g/mol. The number of hydrogen-bond donors (Lipinski definition) is 3. The second kappa shape index (κ2) is 10.4. The smallest absolute Gasteiger partial charge is 0.240 e. The van der Waals surface area contributed by atoms with Gasteiger partial charge in [-0.1, -0.05) is 30.7 Å². The molecule has 8 heteroatoms. The van der Waals surface area contributed by atoms with Crippen LogP contribution in [0.15, 0.2) is 51.7 Å². The lowest BCUT2D eigenvalue weighted by atomic mass is 10.1. The molecule has 0 spiro atoms. The van der Waals surface area contributed by atoms with E-state index in [4.69, 9.17) is 0 Å². The number of aliphatic imine (C=N–C) groups is 1. The van der Waals surface area contributed by atoms with Crippen LogP contribution in [0.5, 0.6) is 0 Å². The summed E-state index contributed by atoms with van der Waals surface area (Å²) in [6, 6.07) is 11.0. The molecular weight excluding hydrogens is 380 g/mol. The third kappa shape index (κ3) is 6.97. The minimum atomic E-state index is -3.49. The van der Waals surface area contributed by atoms with Crippen molar-refractivity contribution < 1.29 is 8.42 Å². The summed E-state index contributed by atoms with van der Waals surface area (Å²) in [5.74, 6) is 1.04. The molecule has 0 amide bonds. The van der Waals surface area contributed by atoms with Crippen LogP contribution in [0.1, 0.15) is 30.2 Å². The Morgan fingerprint density at radius 3 is 2.52 bits per heavy atom. The van der Waals surface area contributed by atoms with Crippen molar-refractivity contribution in [2.45, 2.75) is 31.6 Å². The topological polar surface area (TPSA) is 82.6 Å². The number of aryl methyl sites for hydroxylation is 1. The summed E-state index contributed by atoms with van der Waals surface area (Å²) < 4.78 is 27.2. The third-order valence-electron chi connectivity index (χ3n) is 3.94. The van der Waals surface area contributed by atoms with Gasteiger partial charge in [-0.3, -0.25) is 4.99 Å². The molecular formula is C19H28N4O2S2. The van der Waals surface area contributed by atoms with E-state index in [2.05, 4.69) is 38.7 Å². The van der Waals surface area contributed by atoms with Gasteiger partial charge in [0, 0.05) is 30.4 Å². The number of hydrogen-bond acceptors (Lipinski definition) is 4. The van der Waals surface area contributed by atoms with Crippen LogP contribution >= 0.6 is 11.3 Å². The zero-order valence-electron chi connectivity index (χ0n) is 16.0. The molecule has 2 aromatic rings. The van der Waals surface area contributed by atoms with Crippen molar-refractivity contribution in [1.82, 2.24) is 15.4 Å². The van der Waals surface area contributed by atoms with Crippen molar-refractivity contribution in [3.63, 3.8) is 0 Å². The molecule has 1 aromatic heterocycles. The highest BCUT2D eigenvalue weighted by Crippen LogP contribution is 2.20. The van der Waals surface area contributed by atoms with Gasteiger partial charge in [0.15, 0.2) is 5.96 Å². The van der Waals surface area contributed by atoms with E-state index in [1.165, 1.54) is 4.88 Å². The first-order valence-corrected chi connectivity index (χ1v) is 11.4. The number of rotatable bonds is 9. The minimum Gasteiger partial charge on any atom is -0.357 e. The fourth-order valence-electron chi connectivity index (χ4n) is 2.40. The Kier molecular flexibility index (Phi) is 8.27. The molecule has 148 valence electrons. The maximum Gasteiger partial charge on any atom is 0.240 e. The van der Waals surface area contributed by atoms with E-state index in [9.17, 15) is 8.42 Å². The number of nitrogens with zero attached hydrogens (tertiary/aromatic N) is 1. The monoisotopic (exact) mass is 408 g/mol. The van der Waals surface area contributed by atoms with Gasteiger partial charge in [-0.2, -0.15) is 0 Å². The number of sulfonamides is 1. The first-order valence-electron chi connectivity index (χ1n) is 9.04. The van der Waals surface area contributed by atoms with Gasteiger partial charge in [0.1, 0.15) is 0 Å². The van der Waals surface area contributed by atoms with Crippen molar-refractivity contribution in [3.8, 4) is 0 Å². The Labute approximate surface area is 166 Å². The zero-order chi connectivity index (χ0) is 19.7. The molecule has 1 unspecified atom stereocenters. The molecule has 0 fully saturated rings. The molecule has 0 bridgehead atoms. The van der Waals surface area contributed by atoms with Gasteiger partial charge < -0.3 is 10.6 Å². The molecule has 0 saturated heterocycles. The normalized spacial score (nSPS) is 13.4. The highest BCUT2D eigenvalue weighted by Gasteiger charge is 2.12. The molecule has 1 atom stereocenters. The molecule has 0 aliphatic rings. The summed E-state index contributed by atoms with van der Waals surface area (Å²) >= 11 is 1.73. The molecule has 1 aromatic carbocycles. The summed E-state index contributed by atoms with van der Waals surface area (Å²) in [4.78, 5) is 6.18. The van der Waals surface area contributed by atoms with Crippen molar-refractivity contribution in [2.75, 3.05) is 26.2 Å². The van der Waals surface area contributed by atoms with E-state index in [0.29, 0.717) is 25.0 Å². The first-order chi connectivity index (χ1) is 12.9. The van der Waals surface area contributed by atoms with Gasteiger partial charge in [-0.05, 0) is 37.4 Å². The fraction of sp³-hybridized carbons (Fsp3) is 0.421. The number of guanidine groups is 1. The molecule has 1 heterocycles. The summed E-state index contributed by atoms with van der Waals surface area (Å²) in [7, 11) is -3.49. The van der Waals surface area contributed by atoms with Crippen LogP contribution in [0.2, 0.25) is 0 Å². The van der Waals surface area contributed by atoms with Gasteiger partial charge >= 0.3 is 0 Å². The predicted molar refractivity (Wildman–Crippen MR) is 113 cm³/mol. The van der Waals surface area contributed by atoms with Gasteiger partial charge in [-0.15, -0.1) is 11.3 Å². The Morgan fingerprint density at radius 1 is 1.15 bits per heavy atom. The Morgan fingerprint density at radius 2 is 1.89 bits per heavy atom. The standard InChI is InChI=1S/C19H28N4O2S2/c1-4-20-19(22-14-16(3)18-6-5-13-26-18)21-11-12-23-27(24,25)17-9-7-15(2)8-10-17/h5-10,13,16,23H,4,11-12,14H2,1-3H3,(H2,20,21,22). The van der Waals surface area contributed by atoms with E-state index < -0.39 is 10.0 Å². The zero-order valence-corrected chi connectivity index (χ0v) is 17.7. The van der Waals surface area contributed by atoms with Gasteiger partial charge in [-0.25, -0.2) is 13.1 Å². The van der Waals surface area contributed by atoms with Crippen LogP contribution in [0.4, 0.5) is 0 Å². The first kappa shape index (κ1) is 21.4. The Balaban J connectivity index is 1.83. The van der Waals surface area contributed by atoms with Crippen LogP contribution in [0.3, 0.4) is 0 Å². The van der Waals surface area contributed by atoms with Crippen LogP contribution < -0.4 is 15.4 Å². The molecule has 0 aliphatic carbocycles. The summed E-state index contributed by atoms with van der Waals surface area (Å²) in [6.45, 7) is 8.22. The van der Waals surface area contributed by atoms with E-state index in [-0.39, 0.29) is 11.4 Å². The second-order valence-electron chi connectivity index (χ2n) is 6.27. The molecule has 3 N–H and O–H groups in total. The van der Waals surface area contributed by atoms with Gasteiger partial charge in [0.2, 0.25) is 10.0 Å².